The zero-order valence-corrected chi connectivity index (χ0v) is 19.1. The van der Waals surface area contributed by atoms with Crippen LogP contribution in [-0.2, 0) is 18.6 Å². The summed E-state index contributed by atoms with van der Waals surface area (Å²) in [5.41, 5.74) is -0.783. The third kappa shape index (κ3) is 5.84. The molecule has 0 aliphatic rings. The summed E-state index contributed by atoms with van der Waals surface area (Å²) >= 11 is 0.0144. The van der Waals surface area contributed by atoms with Crippen LogP contribution in [0.5, 0.6) is 5.75 Å². The second-order valence-electron chi connectivity index (χ2n) is 5.14. The molecule has 0 spiro atoms. The number of rotatable bonds is 9. The summed E-state index contributed by atoms with van der Waals surface area (Å²) in [5.74, 6) is -9.48. The summed E-state index contributed by atoms with van der Waals surface area (Å²) in [4.78, 5) is 21.4. The van der Waals surface area contributed by atoms with E-state index in [-0.39, 0.29) is 32.0 Å². The molecule has 29 heavy (non-hydrogen) atoms. The van der Waals surface area contributed by atoms with E-state index in [4.69, 9.17) is 16.2 Å². The molecule has 1 aromatic heterocycles. The van der Waals surface area contributed by atoms with Gasteiger partial charge in [-0.1, -0.05) is 0 Å². The van der Waals surface area contributed by atoms with Crippen molar-refractivity contribution in [1.29, 1.82) is 0 Å². The Morgan fingerprint density at radius 2 is 1.93 bits per heavy atom. The van der Waals surface area contributed by atoms with Gasteiger partial charge in [0.2, 0.25) is 0 Å². The summed E-state index contributed by atoms with van der Waals surface area (Å²) in [6, 6.07) is 2.32. The number of hydrogen-bond donors (Lipinski definition) is 1. The molecule has 0 bridgehead atoms. The van der Waals surface area contributed by atoms with Gasteiger partial charge in [-0.2, -0.15) is 0 Å². The molecule has 1 heterocycles. The second-order valence-corrected chi connectivity index (χ2v) is 8.47. The SMILES string of the molecule is Cc1c(F)c(F)c(F)c(OP(NCC(=O)OCc2ccc([N+](=O)[O-])o2)[O][Pb])c1F. The summed E-state index contributed by atoms with van der Waals surface area (Å²) in [6.07, 6.45) is 0. The Morgan fingerprint density at radius 3 is 2.52 bits per heavy atom. The van der Waals surface area contributed by atoms with Gasteiger partial charge in [0, 0.05) is 0 Å². The maximum absolute atomic E-state index is 14.0. The van der Waals surface area contributed by atoms with Gasteiger partial charge in [-0.15, -0.1) is 0 Å². The molecule has 155 valence electrons. The quantitative estimate of drug-likeness (QED) is 0.0657. The molecule has 0 saturated heterocycles. The van der Waals surface area contributed by atoms with E-state index >= 15 is 0 Å². The molecule has 1 N–H and O–H groups in total. The van der Waals surface area contributed by atoms with Crippen molar-refractivity contribution in [3.63, 3.8) is 0 Å². The molecule has 2 aromatic rings. The minimum atomic E-state index is -2.27. The van der Waals surface area contributed by atoms with Gasteiger partial charge in [-0.05, 0) is 0 Å². The van der Waals surface area contributed by atoms with Crippen molar-refractivity contribution in [1.82, 2.24) is 5.09 Å². The molecule has 9 nitrogen and oxygen atoms in total. The predicted molar refractivity (Wildman–Crippen MR) is 88.6 cm³/mol. The Labute approximate surface area is 177 Å². The molecule has 1 aromatic carbocycles. The predicted octanol–water partition coefficient (Wildman–Crippen LogP) is 3.09. The molecule has 15 heteroatoms. The van der Waals surface area contributed by atoms with Gasteiger partial charge in [0.15, 0.2) is 0 Å². The van der Waals surface area contributed by atoms with E-state index in [0.717, 1.165) is 13.0 Å². The fraction of sp³-hybridized carbons (Fsp3) is 0.214. The fourth-order valence-corrected chi connectivity index (χ4v) is 3.78. The standard InChI is InChI=1S/C14H10F4N2O7P.Pb/c1-6-10(15)12(17)13(18)14(11(6)16)27-28(24)19-4-9(21)25-5-7-2-3-8(26-7)20(22)23;/h2-3,19H,4-5H2,1H3;/q-1;+1. The first-order chi connectivity index (χ1) is 13.6. The van der Waals surface area contributed by atoms with Crippen molar-refractivity contribution >= 4 is 46.6 Å². The number of nitrogens with one attached hydrogen (secondary N) is 1. The third-order valence-electron chi connectivity index (χ3n) is 3.26. The normalized spacial score (nSPS) is 11.9. The van der Waals surface area contributed by atoms with E-state index in [2.05, 4.69) is 5.09 Å². The molecule has 0 saturated carbocycles. The number of nitrogens with zero attached hydrogens (tertiary/aromatic N) is 1. The zero-order chi connectivity index (χ0) is 21.7. The molecule has 0 amide bonds. The van der Waals surface area contributed by atoms with Gasteiger partial charge in [0.25, 0.3) is 0 Å². The van der Waals surface area contributed by atoms with Gasteiger partial charge >= 0.3 is 178 Å². The minimum absolute atomic E-state index is 0.0144. The molecule has 2 rings (SSSR count). The Kier molecular flexibility index (Phi) is 8.30. The number of ether oxygens (including phenoxy) is 1. The molecule has 0 fully saturated rings. The van der Waals surface area contributed by atoms with Crippen LogP contribution in [0.25, 0.3) is 0 Å². The monoisotopic (exact) mass is 633 g/mol. The van der Waals surface area contributed by atoms with Crippen molar-refractivity contribution in [3.8, 4) is 5.75 Å². The first kappa shape index (κ1) is 23.4. The summed E-state index contributed by atoms with van der Waals surface area (Å²) in [5, 5.41) is 12.9. The number of hydrogen-bond acceptors (Lipinski definition) is 8. The van der Waals surface area contributed by atoms with Crippen LogP contribution in [0.1, 0.15) is 11.3 Å². The molecule has 0 aliphatic carbocycles. The first-order valence-corrected chi connectivity index (χ1v) is 10.2. The molecule has 1 unspecified atom stereocenters. The third-order valence-corrected chi connectivity index (χ3v) is 6.12. The van der Waals surface area contributed by atoms with Crippen LogP contribution < -0.4 is 9.61 Å². The van der Waals surface area contributed by atoms with Crippen LogP contribution in [0.2, 0.25) is 0 Å². The Balaban J connectivity index is 1.93. The van der Waals surface area contributed by atoms with Crippen molar-refractivity contribution in [2.24, 2.45) is 0 Å². The van der Waals surface area contributed by atoms with E-state index in [1.165, 1.54) is 6.07 Å². The molecule has 1 atom stereocenters. The summed E-state index contributed by atoms with van der Waals surface area (Å²) in [7, 11) is -2.27. The van der Waals surface area contributed by atoms with E-state index in [1.54, 1.807) is 0 Å². The van der Waals surface area contributed by atoms with Crippen LogP contribution in [0.4, 0.5) is 23.4 Å². The Morgan fingerprint density at radius 1 is 1.24 bits per heavy atom. The Bertz CT molecular complexity index is 901. The van der Waals surface area contributed by atoms with Gasteiger partial charge < -0.3 is 0 Å². The van der Waals surface area contributed by atoms with Crippen LogP contribution in [0.3, 0.4) is 0 Å². The number of carbonyl (C=O) groups is 1. The van der Waals surface area contributed by atoms with Gasteiger partial charge in [0.1, 0.15) is 0 Å². The van der Waals surface area contributed by atoms with E-state index < -0.39 is 73.0 Å². The number of esters is 1. The number of carbonyl (C=O) groups excluding carboxylic acids is 1. The van der Waals surface area contributed by atoms with E-state index in [9.17, 15) is 32.5 Å². The van der Waals surface area contributed by atoms with Crippen LogP contribution in [0.15, 0.2) is 16.5 Å². The van der Waals surface area contributed by atoms with Crippen molar-refractivity contribution in [2.75, 3.05) is 6.54 Å². The van der Waals surface area contributed by atoms with Gasteiger partial charge in [-0.3, -0.25) is 0 Å². The van der Waals surface area contributed by atoms with Crippen molar-refractivity contribution in [2.45, 2.75) is 13.5 Å². The van der Waals surface area contributed by atoms with Crippen LogP contribution in [-0.4, -0.2) is 43.7 Å². The van der Waals surface area contributed by atoms with Crippen molar-refractivity contribution in [3.05, 3.63) is 56.8 Å². The Hall–Kier alpha value is -1.84. The number of benzene rings is 1. The first-order valence-electron chi connectivity index (χ1n) is 7.42. The molecule has 3 radical (unpaired) electrons. The van der Waals surface area contributed by atoms with E-state index in [0.29, 0.717) is 0 Å². The number of halogens is 4. The number of nitro groups is 1. The van der Waals surface area contributed by atoms with Crippen LogP contribution >= 0.6 is 8.53 Å². The van der Waals surface area contributed by atoms with Gasteiger partial charge in [0.05, 0.1) is 0 Å². The van der Waals surface area contributed by atoms with E-state index in [1.807, 2.05) is 0 Å². The van der Waals surface area contributed by atoms with Gasteiger partial charge in [-0.25, -0.2) is 0 Å². The summed E-state index contributed by atoms with van der Waals surface area (Å²) < 4.78 is 74.0. The zero-order valence-electron chi connectivity index (χ0n) is 14.3. The average molecular weight is 632 g/mol. The summed E-state index contributed by atoms with van der Waals surface area (Å²) in [6.45, 7) is -0.0449. The van der Waals surface area contributed by atoms with Crippen molar-refractivity contribution < 1.29 is 43.4 Å². The van der Waals surface area contributed by atoms with Crippen LogP contribution in [0, 0.1) is 40.3 Å². The molecular formula is C14H10F4N2O7PPb. The number of furan rings is 1. The molecular weight excluding hydrogens is 622 g/mol. The maximum atomic E-state index is 14.0. The molecule has 0 aliphatic heterocycles. The second kappa shape index (κ2) is 10.3. The fourth-order valence-electron chi connectivity index (χ4n) is 1.84. The topological polar surface area (TPSA) is 113 Å². The average Bonchev–Trinajstić information content (AvgIpc) is 3.18.